The molecule has 0 fully saturated rings. The molecule has 154 valence electrons. The molecule has 0 saturated heterocycles. The zero-order valence-electron chi connectivity index (χ0n) is 18.3. The molecule has 0 saturated carbocycles. The maximum absolute atomic E-state index is 11.9. The Hall–Kier alpha value is -1.50. The van der Waals surface area contributed by atoms with Gasteiger partial charge < -0.3 is 25.6 Å². The molecular formula is C19H41N5O2. The summed E-state index contributed by atoms with van der Waals surface area (Å²) >= 11 is 0. The molecule has 0 unspecified atom stereocenters. The van der Waals surface area contributed by atoms with Gasteiger partial charge in [-0.2, -0.15) is 0 Å². The lowest BCUT2D eigenvalue weighted by atomic mass is 10.1. The van der Waals surface area contributed by atoms with Gasteiger partial charge >= 0.3 is 6.09 Å². The summed E-state index contributed by atoms with van der Waals surface area (Å²) in [6.45, 7) is 16.4. The summed E-state index contributed by atoms with van der Waals surface area (Å²) in [6.07, 6.45) is 1.81. The molecule has 0 aliphatic carbocycles. The van der Waals surface area contributed by atoms with Crippen LogP contribution in [0.3, 0.4) is 0 Å². The first-order valence-corrected chi connectivity index (χ1v) is 9.52. The number of rotatable bonds is 9. The number of aliphatic imine (C=N–C) groups is 1. The van der Waals surface area contributed by atoms with Crippen molar-refractivity contribution in [1.82, 2.24) is 20.9 Å². The summed E-state index contributed by atoms with van der Waals surface area (Å²) in [5, 5.41) is 9.45. The minimum absolute atomic E-state index is 0.415. The smallest absolute Gasteiger partial charge is 0.408 e. The highest BCUT2D eigenvalue weighted by Crippen LogP contribution is 2.09. The van der Waals surface area contributed by atoms with E-state index >= 15 is 0 Å². The number of unbranched alkanes of at least 4 members (excludes halogenated alkanes) is 1. The predicted octanol–water partition coefficient (Wildman–Crippen LogP) is 2.58. The largest absolute Gasteiger partial charge is 0.444 e. The van der Waals surface area contributed by atoms with Crippen molar-refractivity contribution in [2.45, 2.75) is 78.5 Å². The highest BCUT2D eigenvalue weighted by Gasteiger charge is 2.24. The Balaban J connectivity index is 4.14. The van der Waals surface area contributed by atoms with Gasteiger partial charge in [-0.1, -0.05) is 0 Å². The molecular weight excluding hydrogens is 330 g/mol. The normalized spacial score (nSPS) is 13.1. The molecule has 0 aromatic heterocycles. The Morgan fingerprint density at radius 3 is 2.23 bits per heavy atom. The molecule has 7 heteroatoms. The number of amides is 1. The van der Waals surface area contributed by atoms with Crippen LogP contribution in [0.15, 0.2) is 4.99 Å². The summed E-state index contributed by atoms with van der Waals surface area (Å²) in [5.74, 6) is 0.737. The zero-order chi connectivity index (χ0) is 20.4. The summed E-state index contributed by atoms with van der Waals surface area (Å²) in [6, 6.07) is 0.581. The number of guanidine groups is 1. The molecule has 0 aliphatic rings. The minimum atomic E-state index is -0.505. The molecule has 0 bridgehead atoms. The maximum atomic E-state index is 11.9. The Morgan fingerprint density at radius 1 is 1.12 bits per heavy atom. The standard InChI is InChI=1S/C19H41N5O2/c1-15(2)24(9)13-11-10-12-21-16(20-8)22-14-19(6,7)23-17(25)26-18(3,4)5/h15H,10-14H2,1-9H3,(H,23,25)(H2,20,21,22). The van der Waals surface area contributed by atoms with E-state index in [1.165, 1.54) is 0 Å². The fraction of sp³-hybridized carbons (Fsp3) is 0.895. The van der Waals surface area contributed by atoms with E-state index in [0.29, 0.717) is 12.6 Å². The second kappa shape index (κ2) is 11.3. The average Bonchev–Trinajstić information content (AvgIpc) is 2.46. The molecule has 26 heavy (non-hydrogen) atoms. The Labute approximate surface area is 160 Å². The van der Waals surface area contributed by atoms with Crippen LogP contribution in [0.1, 0.15) is 61.3 Å². The van der Waals surface area contributed by atoms with Gasteiger partial charge in [0.2, 0.25) is 0 Å². The van der Waals surface area contributed by atoms with Crippen LogP contribution in [-0.2, 0) is 4.74 Å². The molecule has 7 nitrogen and oxygen atoms in total. The van der Waals surface area contributed by atoms with E-state index in [-0.39, 0.29) is 0 Å². The van der Waals surface area contributed by atoms with Crippen LogP contribution in [0.25, 0.3) is 0 Å². The molecule has 0 radical (unpaired) electrons. The monoisotopic (exact) mass is 371 g/mol. The van der Waals surface area contributed by atoms with Gasteiger partial charge in [0.1, 0.15) is 5.60 Å². The first-order valence-electron chi connectivity index (χ1n) is 9.52. The van der Waals surface area contributed by atoms with Crippen LogP contribution in [0.5, 0.6) is 0 Å². The van der Waals surface area contributed by atoms with Gasteiger partial charge in [0.25, 0.3) is 0 Å². The topological polar surface area (TPSA) is 78.0 Å². The van der Waals surface area contributed by atoms with E-state index in [4.69, 9.17) is 4.74 Å². The van der Waals surface area contributed by atoms with Gasteiger partial charge in [-0.25, -0.2) is 4.79 Å². The van der Waals surface area contributed by atoms with E-state index in [1.807, 2.05) is 34.6 Å². The van der Waals surface area contributed by atoms with Gasteiger partial charge in [-0.05, 0) is 74.9 Å². The lowest BCUT2D eigenvalue weighted by molar-refractivity contribution is 0.0474. The first-order chi connectivity index (χ1) is 11.9. The van der Waals surface area contributed by atoms with Gasteiger partial charge in [0.05, 0.1) is 5.54 Å². The van der Waals surface area contributed by atoms with Crippen LogP contribution < -0.4 is 16.0 Å². The second-order valence-corrected chi connectivity index (χ2v) is 8.64. The number of hydrogen-bond acceptors (Lipinski definition) is 4. The van der Waals surface area contributed by atoms with Crippen molar-refractivity contribution < 1.29 is 9.53 Å². The Morgan fingerprint density at radius 2 is 1.73 bits per heavy atom. The van der Waals surface area contributed by atoms with E-state index in [1.54, 1.807) is 7.05 Å². The number of ether oxygens (including phenoxy) is 1. The molecule has 0 spiro atoms. The summed E-state index contributed by atoms with van der Waals surface area (Å²) in [7, 11) is 3.90. The molecule has 1 amide bonds. The third-order valence-electron chi connectivity index (χ3n) is 3.87. The van der Waals surface area contributed by atoms with Gasteiger partial charge in [0.15, 0.2) is 5.96 Å². The van der Waals surface area contributed by atoms with Crippen molar-refractivity contribution in [2.75, 3.05) is 33.7 Å². The van der Waals surface area contributed by atoms with E-state index < -0.39 is 17.2 Å². The van der Waals surface area contributed by atoms with E-state index in [0.717, 1.165) is 31.9 Å². The predicted molar refractivity (Wildman–Crippen MR) is 110 cm³/mol. The average molecular weight is 372 g/mol. The van der Waals surface area contributed by atoms with E-state index in [9.17, 15) is 4.79 Å². The quantitative estimate of drug-likeness (QED) is 0.330. The van der Waals surface area contributed by atoms with Crippen LogP contribution in [0.2, 0.25) is 0 Å². The van der Waals surface area contributed by atoms with Gasteiger partial charge in [-0.3, -0.25) is 4.99 Å². The number of hydrogen-bond donors (Lipinski definition) is 3. The highest BCUT2D eigenvalue weighted by molar-refractivity contribution is 5.79. The molecule has 0 rings (SSSR count). The fourth-order valence-electron chi connectivity index (χ4n) is 2.10. The van der Waals surface area contributed by atoms with Crippen LogP contribution in [-0.4, -0.2) is 67.9 Å². The number of carbonyl (C=O) groups is 1. The molecule has 0 aliphatic heterocycles. The first kappa shape index (κ1) is 24.5. The number of nitrogens with one attached hydrogen (secondary N) is 3. The summed E-state index contributed by atoms with van der Waals surface area (Å²) < 4.78 is 5.31. The molecule has 3 N–H and O–H groups in total. The van der Waals surface area contributed by atoms with Crippen molar-refractivity contribution in [2.24, 2.45) is 4.99 Å². The SMILES string of the molecule is CN=C(NCCCCN(C)C(C)C)NCC(C)(C)NC(=O)OC(C)(C)C. The summed E-state index contributed by atoms with van der Waals surface area (Å²) in [4.78, 5) is 18.5. The van der Waals surface area contributed by atoms with Crippen molar-refractivity contribution in [3.05, 3.63) is 0 Å². The lowest BCUT2D eigenvalue weighted by Gasteiger charge is -2.29. The van der Waals surface area contributed by atoms with Crippen molar-refractivity contribution in [3.8, 4) is 0 Å². The minimum Gasteiger partial charge on any atom is -0.444 e. The van der Waals surface area contributed by atoms with Gasteiger partial charge in [-0.15, -0.1) is 0 Å². The highest BCUT2D eigenvalue weighted by atomic mass is 16.6. The van der Waals surface area contributed by atoms with Crippen LogP contribution in [0, 0.1) is 0 Å². The van der Waals surface area contributed by atoms with Gasteiger partial charge in [0, 0.05) is 26.2 Å². The van der Waals surface area contributed by atoms with Crippen molar-refractivity contribution in [1.29, 1.82) is 0 Å². The third-order valence-corrected chi connectivity index (χ3v) is 3.87. The van der Waals surface area contributed by atoms with Crippen LogP contribution in [0.4, 0.5) is 4.79 Å². The Kier molecular flexibility index (Phi) is 10.6. The van der Waals surface area contributed by atoms with Crippen molar-refractivity contribution >= 4 is 12.1 Å². The third kappa shape index (κ3) is 12.8. The maximum Gasteiger partial charge on any atom is 0.408 e. The van der Waals surface area contributed by atoms with Crippen molar-refractivity contribution in [3.63, 3.8) is 0 Å². The molecule has 0 heterocycles. The zero-order valence-corrected chi connectivity index (χ0v) is 18.3. The molecule has 0 atom stereocenters. The fourth-order valence-corrected chi connectivity index (χ4v) is 2.10. The summed E-state index contributed by atoms with van der Waals surface area (Å²) in [5.41, 5.74) is -0.964. The lowest BCUT2D eigenvalue weighted by Crippen LogP contribution is -2.54. The second-order valence-electron chi connectivity index (χ2n) is 8.64. The molecule has 0 aromatic carbocycles. The van der Waals surface area contributed by atoms with E-state index in [2.05, 4.69) is 46.7 Å². The Bertz CT molecular complexity index is 442. The van der Waals surface area contributed by atoms with Crippen LogP contribution >= 0.6 is 0 Å². The number of carbonyl (C=O) groups excluding carboxylic acids is 1. The number of nitrogens with zero attached hydrogens (tertiary/aromatic N) is 2. The number of alkyl carbamates (subject to hydrolysis) is 1. The molecule has 0 aromatic rings.